The predicted molar refractivity (Wildman–Crippen MR) is 204 cm³/mol. The van der Waals surface area contributed by atoms with Crippen molar-refractivity contribution in [2.75, 3.05) is 53.0 Å². The molecule has 0 radical (unpaired) electrons. The number of carbonyl (C=O) groups is 4. The number of rotatable bonds is 19. The third kappa shape index (κ3) is 14.6. The number of aliphatic hydroxyl groups excluding tert-OH is 1. The summed E-state index contributed by atoms with van der Waals surface area (Å²) in [5.74, 6) is -0.817. The van der Waals surface area contributed by atoms with E-state index in [0.29, 0.717) is 38.6 Å². The molecule has 2 heterocycles. The highest BCUT2D eigenvalue weighted by Gasteiger charge is 2.36. The molecule has 53 heavy (non-hydrogen) atoms. The molecule has 3 fully saturated rings. The molecule has 12 heteroatoms. The van der Waals surface area contributed by atoms with Crippen LogP contribution in [0.4, 0.5) is 9.59 Å². The number of likely N-dealkylation sites (tertiary alicyclic amines) is 1. The molecular weight excluding hydrogens is 678 g/mol. The number of methoxy groups -OCH3 is 1. The van der Waals surface area contributed by atoms with Crippen LogP contribution in [0.25, 0.3) is 0 Å². The minimum Gasteiger partial charge on any atom is -0.449 e. The van der Waals surface area contributed by atoms with Crippen molar-refractivity contribution in [3.8, 4) is 0 Å². The topological polar surface area (TPSA) is 146 Å². The van der Waals surface area contributed by atoms with E-state index in [1.54, 1.807) is 36.0 Å². The summed E-state index contributed by atoms with van der Waals surface area (Å²) in [6, 6.07) is 0.610. The number of aldehydes is 2. The van der Waals surface area contributed by atoms with Crippen molar-refractivity contribution in [3.63, 3.8) is 0 Å². The molecule has 1 aliphatic carbocycles. The van der Waals surface area contributed by atoms with E-state index in [9.17, 15) is 29.4 Å². The summed E-state index contributed by atoms with van der Waals surface area (Å²) >= 11 is 0. The smallest absolute Gasteiger partial charge is 0.410 e. The first-order chi connectivity index (χ1) is 25.4. The summed E-state index contributed by atoms with van der Waals surface area (Å²) in [4.78, 5) is 55.2. The number of amides is 2. The Balaban J connectivity index is 1.62. The third-order valence-corrected chi connectivity index (χ3v) is 11.2. The second-order valence-corrected chi connectivity index (χ2v) is 15.6. The largest absolute Gasteiger partial charge is 0.449 e. The second-order valence-electron chi connectivity index (χ2n) is 15.6. The quantitative estimate of drug-likeness (QED) is 0.0730. The molecule has 0 aromatic heterocycles. The van der Waals surface area contributed by atoms with Gasteiger partial charge in [-0.25, -0.2) is 9.59 Å². The first-order valence-electron chi connectivity index (χ1n) is 19.8. The van der Waals surface area contributed by atoms with E-state index < -0.39 is 29.8 Å². The van der Waals surface area contributed by atoms with Crippen LogP contribution in [0.1, 0.15) is 98.3 Å². The minimum atomic E-state index is -1.54. The van der Waals surface area contributed by atoms with Crippen LogP contribution >= 0.6 is 0 Å². The first kappa shape index (κ1) is 44.3. The van der Waals surface area contributed by atoms with Crippen LogP contribution in [0.3, 0.4) is 0 Å². The van der Waals surface area contributed by atoms with Crippen molar-refractivity contribution < 1.29 is 43.6 Å². The molecule has 300 valence electrons. The fraction of sp³-hybridized carbons (Fsp3) is 0.756. The molecule has 0 unspecified atom stereocenters. The monoisotopic (exact) mass is 745 g/mol. The SMILES string of the molecule is COC[C@H]1CCCN1C(=O)OC[C@@H](C)/C=C/C=C(\C)[C@@H](C=O)[C@@H](C)/C=C/[C@H](OC(=O)N1CCN(C2CCCCCC2)CC1)[C@@](C)(O)CC[C@H](O)CC=O. The maximum atomic E-state index is 13.5. The van der Waals surface area contributed by atoms with E-state index in [2.05, 4.69) is 4.90 Å². The van der Waals surface area contributed by atoms with Crippen molar-refractivity contribution in [1.82, 2.24) is 14.7 Å². The Kier molecular flexibility index (Phi) is 19.2. The van der Waals surface area contributed by atoms with Crippen molar-refractivity contribution >= 4 is 24.8 Å². The summed E-state index contributed by atoms with van der Waals surface area (Å²) in [6.07, 6.45) is 17.3. The van der Waals surface area contributed by atoms with Gasteiger partial charge >= 0.3 is 12.2 Å². The normalized spacial score (nSPS) is 23.6. The molecule has 2 amide bonds. The predicted octanol–water partition coefficient (Wildman–Crippen LogP) is 5.71. The summed E-state index contributed by atoms with van der Waals surface area (Å²) in [5, 5.41) is 21.7. The van der Waals surface area contributed by atoms with Crippen LogP contribution in [0.5, 0.6) is 0 Å². The lowest BCUT2D eigenvalue weighted by Crippen LogP contribution is -2.53. The number of piperazine rings is 1. The van der Waals surface area contributed by atoms with Crippen LogP contribution in [-0.2, 0) is 23.8 Å². The second kappa shape index (κ2) is 23.0. The van der Waals surface area contributed by atoms with Gasteiger partial charge in [0.2, 0.25) is 0 Å². The molecule has 3 rings (SSSR count). The third-order valence-electron chi connectivity index (χ3n) is 11.2. The number of hydrogen-bond donors (Lipinski definition) is 2. The van der Waals surface area contributed by atoms with E-state index in [0.717, 1.165) is 37.8 Å². The van der Waals surface area contributed by atoms with Crippen LogP contribution in [0.2, 0.25) is 0 Å². The van der Waals surface area contributed by atoms with E-state index in [1.807, 2.05) is 39.0 Å². The lowest BCUT2D eigenvalue weighted by atomic mass is 9.86. The van der Waals surface area contributed by atoms with Crippen molar-refractivity contribution in [2.24, 2.45) is 17.8 Å². The van der Waals surface area contributed by atoms with E-state index in [-0.39, 0.29) is 49.8 Å². The molecule has 12 nitrogen and oxygen atoms in total. The zero-order chi connectivity index (χ0) is 38.8. The summed E-state index contributed by atoms with van der Waals surface area (Å²) in [6.45, 7) is 11.3. The highest BCUT2D eigenvalue weighted by molar-refractivity contribution is 5.69. The van der Waals surface area contributed by atoms with Crippen LogP contribution in [0, 0.1) is 17.8 Å². The van der Waals surface area contributed by atoms with Crippen LogP contribution in [0.15, 0.2) is 36.0 Å². The van der Waals surface area contributed by atoms with Crippen LogP contribution in [-0.4, -0.2) is 133 Å². The number of allylic oxidation sites excluding steroid dienone is 4. The lowest BCUT2D eigenvalue weighted by Gasteiger charge is -2.40. The maximum Gasteiger partial charge on any atom is 0.410 e. The van der Waals surface area contributed by atoms with Gasteiger partial charge in [-0.15, -0.1) is 0 Å². The highest BCUT2D eigenvalue weighted by atomic mass is 16.6. The molecule has 2 N–H and O–H groups in total. The van der Waals surface area contributed by atoms with Crippen LogP contribution < -0.4 is 0 Å². The van der Waals surface area contributed by atoms with E-state index in [4.69, 9.17) is 14.2 Å². The fourth-order valence-electron chi connectivity index (χ4n) is 7.61. The summed E-state index contributed by atoms with van der Waals surface area (Å²) < 4.78 is 16.8. The zero-order valence-electron chi connectivity index (χ0n) is 32.9. The van der Waals surface area contributed by atoms with Gasteiger partial charge in [-0.2, -0.15) is 0 Å². The first-order valence-corrected chi connectivity index (χ1v) is 19.8. The molecule has 1 saturated carbocycles. The summed E-state index contributed by atoms with van der Waals surface area (Å²) in [7, 11) is 1.63. The van der Waals surface area contributed by atoms with Gasteiger partial charge in [0, 0.05) is 64.1 Å². The molecule has 0 aromatic rings. The average molecular weight is 746 g/mol. The van der Waals surface area contributed by atoms with Gasteiger partial charge in [0.25, 0.3) is 0 Å². The van der Waals surface area contributed by atoms with E-state index >= 15 is 0 Å². The molecule has 3 aliphatic rings. The molecule has 2 aliphatic heterocycles. The molecular formula is C41H67N3O9. The molecule has 0 spiro atoms. The number of carbonyl (C=O) groups excluding carboxylic acids is 4. The zero-order valence-corrected chi connectivity index (χ0v) is 32.9. The Hall–Kier alpha value is -3.06. The van der Waals surface area contributed by atoms with Gasteiger partial charge < -0.3 is 43.8 Å². The number of ether oxygens (including phenoxy) is 3. The number of aliphatic hydroxyl groups is 2. The molecule has 0 aromatic carbocycles. The van der Waals surface area contributed by atoms with Crippen molar-refractivity contribution in [3.05, 3.63) is 36.0 Å². The highest BCUT2D eigenvalue weighted by Crippen LogP contribution is 2.28. The standard InChI is InChI=1S/C41H67N3O9/c1-31(29-52-40(49)44-22-11-16-35(44)30-51-5)12-10-13-32(2)37(28-46)33(3)17-18-38(41(4,50)21-19-36(47)20-27-45)53-39(48)43-25-23-42(24-26-43)34-14-8-6-7-9-15-34/h10,12-13,17-18,27-28,31,33-38,47,50H,6-9,11,14-16,19-26,29-30H2,1-5H3/b12-10+,18-17+,32-13+/t31-,33-,35+,36-,37+,38-,41-/m0/s1. The van der Waals surface area contributed by atoms with Gasteiger partial charge in [-0.1, -0.05) is 69.4 Å². The Morgan fingerprint density at radius 2 is 1.62 bits per heavy atom. The Morgan fingerprint density at radius 3 is 2.26 bits per heavy atom. The van der Waals surface area contributed by atoms with Crippen molar-refractivity contribution in [1.29, 1.82) is 0 Å². The van der Waals surface area contributed by atoms with Gasteiger partial charge in [0.1, 0.15) is 18.2 Å². The molecule has 0 bridgehead atoms. The molecule has 7 atom stereocenters. The molecule has 2 saturated heterocycles. The number of nitrogens with zero attached hydrogens (tertiary/aromatic N) is 3. The van der Waals surface area contributed by atoms with Gasteiger partial charge in [0.05, 0.1) is 25.4 Å². The van der Waals surface area contributed by atoms with E-state index in [1.165, 1.54) is 38.5 Å². The minimum absolute atomic E-state index is 0.0407. The Labute approximate surface area is 317 Å². The average Bonchev–Trinajstić information content (AvgIpc) is 3.43. The van der Waals surface area contributed by atoms with Gasteiger partial charge in [0.15, 0.2) is 6.10 Å². The van der Waals surface area contributed by atoms with Gasteiger partial charge in [-0.05, 0) is 64.4 Å². The van der Waals surface area contributed by atoms with Gasteiger partial charge in [-0.3, -0.25) is 4.90 Å². The lowest BCUT2D eigenvalue weighted by molar-refractivity contribution is -0.111. The number of hydrogen-bond acceptors (Lipinski definition) is 10. The summed E-state index contributed by atoms with van der Waals surface area (Å²) in [5.41, 5.74) is -0.720. The fourth-order valence-corrected chi connectivity index (χ4v) is 7.61. The Bertz CT molecular complexity index is 1220. The van der Waals surface area contributed by atoms with Crippen molar-refractivity contribution in [2.45, 2.75) is 128 Å². The Morgan fingerprint density at radius 1 is 0.925 bits per heavy atom. The maximum absolute atomic E-state index is 13.5.